The summed E-state index contributed by atoms with van der Waals surface area (Å²) in [5.41, 5.74) is 0.531. The van der Waals surface area contributed by atoms with Gasteiger partial charge in [0, 0.05) is 24.3 Å². The number of carbonyl (C=O) groups is 1. The monoisotopic (exact) mass is 415 g/mol. The van der Waals surface area contributed by atoms with Gasteiger partial charge >= 0.3 is 7.82 Å². The number of nitrogens with zero attached hydrogens (tertiary/aromatic N) is 1. The zero-order chi connectivity index (χ0) is 22.7. The van der Waals surface area contributed by atoms with Crippen LogP contribution in [-0.2, 0) is 29.8 Å². The highest BCUT2D eigenvalue weighted by molar-refractivity contribution is 7.49. The van der Waals surface area contributed by atoms with E-state index in [1.165, 1.54) is 6.07 Å². The van der Waals surface area contributed by atoms with E-state index in [1.807, 2.05) is 0 Å². The van der Waals surface area contributed by atoms with E-state index in [0.717, 1.165) is 17.2 Å². The molecule has 0 bridgehead atoms. The Kier molecular flexibility index (Phi) is 3.91. The molecule has 1 amide bonds. The number of fused-ring (bicyclic) bond motifs is 1. The molecule has 0 spiro atoms. The second kappa shape index (κ2) is 6.98. The number of benzene rings is 1. The smallest absolute Gasteiger partial charge is 0.404 e. The van der Waals surface area contributed by atoms with Gasteiger partial charge < -0.3 is 24.6 Å². The third-order valence-electron chi connectivity index (χ3n) is 4.05. The molecule has 1 fully saturated rings. The number of rotatable bonds is 4. The molecular weight excluding hydrogens is 394 g/mol. The SMILES string of the molecule is [2H]C([2H])(OP1(=O)OCc2ccccc2O1)[C@]1(F)C[C@@H](O)[C@]([2H])(N2C=CC(=O)NC2=C)O1. The van der Waals surface area contributed by atoms with Gasteiger partial charge in [0.05, 0.1) is 10.7 Å². The van der Waals surface area contributed by atoms with Crippen molar-refractivity contribution >= 4 is 13.7 Å². The number of aliphatic hydroxyl groups excluding tert-OH is 1. The molecule has 150 valence electrons. The van der Waals surface area contributed by atoms with Crippen LogP contribution in [0.25, 0.3) is 0 Å². The third-order valence-corrected chi connectivity index (χ3v) is 5.23. The van der Waals surface area contributed by atoms with E-state index in [1.54, 1.807) is 18.2 Å². The first-order valence-electron chi connectivity index (χ1n) is 9.65. The lowest BCUT2D eigenvalue weighted by atomic mass is 10.1. The van der Waals surface area contributed by atoms with E-state index in [9.17, 15) is 14.5 Å². The Labute approximate surface area is 164 Å². The van der Waals surface area contributed by atoms with E-state index in [4.69, 9.17) is 22.4 Å². The van der Waals surface area contributed by atoms with Crippen LogP contribution in [-0.4, -0.2) is 40.6 Å². The van der Waals surface area contributed by atoms with Crippen LogP contribution < -0.4 is 9.84 Å². The summed E-state index contributed by atoms with van der Waals surface area (Å²) in [6.07, 6.45) is -3.56. The first-order chi connectivity index (χ1) is 14.4. The average Bonchev–Trinajstić information content (AvgIpc) is 2.91. The molecule has 4 atom stereocenters. The lowest BCUT2D eigenvalue weighted by Gasteiger charge is -2.33. The number of carbonyl (C=O) groups excluding carboxylic acids is 1. The molecule has 1 unspecified atom stereocenters. The molecule has 3 aliphatic rings. The number of alkyl halides is 1. The molecule has 3 aliphatic heterocycles. The zero-order valence-electron chi connectivity index (χ0n) is 17.3. The van der Waals surface area contributed by atoms with Gasteiger partial charge in [-0.3, -0.25) is 13.8 Å². The quantitative estimate of drug-likeness (QED) is 0.719. The number of hydrogen-bond acceptors (Lipinski definition) is 8. The van der Waals surface area contributed by atoms with Crippen molar-refractivity contribution in [1.29, 1.82) is 0 Å². The maximum Gasteiger partial charge on any atom is 0.530 e. The fraction of sp³-hybridized carbons (Fsp3) is 0.353. The van der Waals surface area contributed by atoms with Crippen molar-refractivity contribution < 1.29 is 41.3 Å². The molecule has 1 saturated heterocycles. The van der Waals surface area contributed by atoms with Crippen molar-refractivity contribution in [2.45, 2.75) is 31.2 Å². The second-order valence-electron chi connectivity index (χ2n) is 6.12. The van der Waals surface area contributed by atoms with Gasteiger partial charge in [0.2, 0.25) is 5.85 Å². The number of nitrogens with one attached hydrogen (secondary N) is 1. The van der Waals surface area contributed by atoms with Gasteiger partial charge in [-0.05, 0) is 6.07 Å². The summed E-state index contributed by atoms with van der Waals surface area (Å²) in [7, 11) is -4.62. The molecule has 0 aromatic heterocycles. The van der Waals surface area contributed by atoms with Crippen LogP contribution in [0.15, 0.2) is 48.9 Å². The molecule has 4 rings (SSSR count). The van der Waals surface area contributed by atoms with Gasteiger partial charge in [-0.1, -0.05) is 24.8 Å². The number of phosphoric ester groups is 1. The summed E-state index contributed by atoms with van der Waals surface area (Å²) >= 11 is 0. The molecule has 0 aliphatic carbocycles. The van der Waals surface area contributed by atoms with Crippen LogP contribution in [0.5, 0.6) is 5.75 Å². The van der Waals surface area contributed by atoms with Crippen molar-refractivity contribution in [3.63, 3.8) is 0 Å². The molecule has 0 radical (unpaired) electrons. The Morgan fingerprint density at radius 3 is 3.14 bits per heavy atom. The Morgan fingerprint density at radius 2 is 2.36 bits per heavy atom. The second-order valence-corrected chi connectivity index (χ2v) is 7.64. The first kappa shape index (κ1) is 15.7. The average molecular weight is 415 g/mol. The predicted molar refractivity (Wildman–Crippen MR) is 93.0 cm³/mol. The summed E-state index contributed by atoms with van der Waals surface area (Å²) in [4.78, 5) is 12.2. The normalized spacial score (nSPS) is 39.4. The number of ether oxygens (including phenoxy) is 1. The Balaban J connectivity index is 1.57. The van der Waals surface area contributed by atoms with E-state index >= 15 is 4.39 Å². The molecule has 28 heavy (non-hydrogen) atoms. The Bertz CT molecular complexity index is 1030. The minimum Gasteiger partial charge on any atom is -0.404 e. The van der Waals surface area contributed by atoms with Crippen LogP contribution in [0.1, 0.15) is 16.1 Å². The first-order valence-corrected chi connectivity index (χ1v) is 9.61. The molecule has 3 heterocycles. The summed E-state index contributed by atoms with van der Waals surface area (Å²) < 4.78 is 72.8. The summed E-state index contributed by atoms with van der Waals surface area (Å²) in [5.74, 6) is -4.08. The summed E-state index contributed by atoms with van der Waals surface area (Å²) in [5, 5.41) is 12.6. The van der Waals surface area contributed by atoms with E-state index in [-0.39, 0.29) is 18.2 Å². The number of phosphoric acid groups is 1. The van der Waals surface area contributed by atoms with Crippen LogP contribution in [0, 0.1) is 0 Å². The van der Waals surface area contributed by atoms with Crippen LogP contribution in [0.2, 0.25) is 0 Å². The minimum absolute atomic E-state index is 0.119. The number of amides is 1. The van der Waals surface area contributed by atoms with Gasteiger partial charge in [0.1, 0.15) is 24.2 Å². The van der Waals surface area contributed by atoms with Crippen molar-refractivity contribution in [1.82, 2.24) is 10.2 Å². The van der Waals surface area contributed by atoms with Crippen LogP contribution >= 0.6 is 7.82 Å². The van der Waals surface area contributed by atoms with E-state index in [2.05, 4.69) is 11.9 Å². The minimum atomic E-state index is -4.62. The highest BCUT2D eigenvalue weighted by Gasteiger charge is 2.51. The van der Waals surface area contributed by atoms with E-state index in [0.29, 0.717) is 5.56 Å². The highest BCUT2D eigenvalue weighted by Crippen LogP contribution is 2.55. The number of hydrogen-bond donors (Lipinski definition) is 2. The van der Waals surface area contributed by atoms with Crippen LogP contribution in [0.4, 0.5) is 4.39 Å². The Morgan fingerprint density at radius 1 is 1.57 bits per heavy atom. The maximum absolute atomic E-state index is 15.6. The fourth-order valence-corrected chi connectivity index (χ4v) is 3.85. The van der Waals surface area contributed by atoms with Crippen molar-refractivity contribution in [2.24, 2.45) is 0 Å². The van der Waals surface area contributed by atoms with Gasteiger partial charge in [0.15, 0.2) is 6.20 Å². The number of para-hydroxylation sites is 1. The molecular formula is C17H18FN2O7P. The molecule has 2 N–H and O–H groups in total. The van der Waals surface area contributed by atoms with Crippen LogP contribution in [0.3, 0.4) is 0 Å². The standard InChI is InChI=1S/C17H18FN2O7P/c1-11-19-15(22)6-7-20(11)16-13(21)8-17(18,26-16)10-25-28(23)24-9-12-4-2-3-5-14(12)27-28/h2-7,13,16,21H,1,8-10H2,(H,19,22)/t13-,16-,17+,28?/m1/s1/i10D2,16D. The van der Waals surface area contributed by atoms with Gasteiger partial charge in [-0.15, -0.1) is 0 Å². The molecule has 1 aromatic carbocycles. The number of halogens is 1. The van der Waals surface area contributed by atoms with Crippen molar-refractivity contribution in [3.8, 4) is 5.75 Å². The van der Waals surface area contributed by atoms with Gasteiger partial charge in [-0.2, -0.15) is 0 Å². The predicted octanol–water partition coefficient (Wildman–Crippen LogP) is 1.91. The molecule has 11 heteroatoms. The molecule has 9 nitrogen and oxygen atoms in total. The van der Waals surface area contributed by atoms with Crippen molar-refractivity contribution in [2.75, 3.05) is 6.56 Å². The van der Waals surface area contributed by atoms with E-state index < -0.39 is 44.9 Å². The van der Waals surface area contributed by atoms with Gasteiger partial charge in [0.25, 0.3) is 5.91 Å². The fourth-order valence-electron chi connectivity index (χ4n) is 2.74. The zero-order valence-corrected chi connectivity index (χ0v) is 15.2. The largest absolute Gasteiger partial charge is 0.530 e. The highest BCUT2D eigenvalue weighted by atomic mass is 31.2. The number of aliphatic hydroxyl groups is 1. The molecule has 0 saturated carbocycles. The Hall–Kier alpha value is -2.23. The van der Waals surface area contributed by atoms with Gasteiger partial charge in [-0.25, -0.2) is 8.96 Å². The summed E-state index contributed by atoms with van der Waals surface area (Å²) in [6.45, 7) is -0.193. The topological polar surface area (TPSA) is 107 Å². The lowest BCUT2D eigenvalue weighted by Crippen LogP contribution is -2.45. The molecule has 1 aromatic rings. The third kappa shape index (κ3) is 3.69. The maximum atomic E-state index is 15.6. The summed E-state index contributed by atoms with van der Waals surface area (Å²) in [6, 6.07) is 6.36. The van der Waals surface area contributed by atoms with Crippen molar-refractivity contribution in [3.05, 3.63) is 54.5 Å². The lowest BCUT2D eigenvalue weighted by molar-refractivity contribution is -0.184.